The van der Waals surface area contributed by atoms with E-state index in [1.54, 1.807) is 5.32 Å². The van der Waals surface area contributed by atoms with Crippen molar-refractivity contribution in [3.05, 3.63) is 0 Å². The van der Waals surface area contributed by atoms with E-state index >= 15 is 0 Å². The highest BCUT2D eigenvalue weighted by Crippen LogP contribution is 2.17. The van der Waals surface area contributed by atoms with Crippen molar-refractivity contribution in [1.82, 2.24) is 5.32 Å². The van der Waals surface area contributed by atoms with Crippen molar-refractivity contribution < 1.29 is 9.90 Å². The lowest BCUT2D eigenvalue weighted by atomic mass is 10.7. The fraction of sp³-hybridized carbons (Fsp3) is 0.667. The van der Waals surface area contributed by atoms with Gasteiger partial charge in [-0.25, -0.2) is 4.79 Å². The van der Waals surface area contributed by atoms with Gasteiger partial charge in [0.05, 0.1) is 5.88 Å². The summed E-state index contributed by atoms with van der Waals surface area (Å²) in [6.07, 6.45) is -1.30. The number of hydrogen-bond acceptors (Lipinski definition) is 1. The van der Waals surface area contributed by atoms with Crippen molar-refractivity contribution in [3.63, 3.8) is 0 Å². The number of halogens is 3. The summed E-state index contributed by atoms with van der Waals surface area (Å²) >= 11 is 15.7. The summed E-state index contributed by atoms with van der Waals surface area (Å²) in [6, 6.07) is 0. The zero-order chi connectivity index (χ0) is 7.49. The second-order valence-electron chi connectivity index (χ2n) is 1.27. The Morgan fingerprint density at radius 2 is 2.11 bits per heavy atom. The SMILES string of the molecule is O=C(O)NC(Cl)(Cl)CCl. The van der Waals surface area contributed by atoms with Crippen molar-refractivity contribution in [2.24, 2.45) is 0 Å². The molecule has 0 spiro atoms. The molecule has 0 aromatic carbocycles. The summed E-state index contributed by atoms with van der Waals surface area (Å²) < 4.78 is -1.58. The quantitative estimate of drug-likeness (QED) is 0.516. The highest BCUT2D eigenvalue weighted by molar-refractivity contribution is 6.51. The molecule has 0 atom stereocenters. The van der Waals surface area contributed by atoms with Gasteiger partial charge in [0.25, 0.3) is 0 Å². The third-order valence-corrected chi connectivity index (χ3v) is 1.59. The molecular formula is C3H4Cl3NO2. The number of carbonyl (C=O) groups is 1. The summed E-state index contributed by atoms with van der Waals surface area (Å²) in [7, 11) is 0. The number of amides is 1. The predicted octanol–water partition coefficient (Wildman–Crippen LogP) is 1.62. The highest BCUT2D eigenvalue weighted by atomic mass is 35.5. The smallest absolute Gasteiger partial charge is 0.407 e. The number of alkyl halides is 3. The largest absolute Gasteiger partial charge is 0.465 e. The monoisotopic (exact) mass is 191 g/mol. The molecule has 0 aliphatic rings. The summed E-state index contributed by atoms with van der Waals surface area (Å²) in [6.45, 7) is 0. The average Bonchev–Trinajstić information content (AvgIpc) is 1.63. The Labute approximate surface area is 66.9 Å². The second kappa shape index (κ2) is 3.34. The molecule has 0 aromatic rings. The molecule has 2 N–H and O–H groups in total. The Morgan fingerprint density at radius 3 is 2.22 bits per heavy atom. The minimum Gasteiger partial charge on any atom is -0.465 e. The van der Waals surface area contributed by atoms with Crippen molar-refractivity contribution in [2.75, 3.05) is 5.88 Å². The molecule has 1 amide bonds. The lowest BCUT2D eigenvalue weighted by Gasteiger charge is -2.14. The summed E-state index contributed by atoms with van der Waals surface area (Å²) in [5, 5.41) is 9.83. The number of nitrogens with one attached hydrogen (secondary N) is 1. The van der Waals surface area contributed by atoms with E-state index < -0.39 is 10.6 Å². The molecular weight excluding hydrogens is 188 g/mol. The lowest BCUT2D eigenvalue weighted by Crippen LogP contribution is -2.39. The van der Waals surface area contributed by atoms with Crippen LogP contribution in [-0.4, -0.2) is 21.5 Å². The van der Waals surface area contributed by atoms with Gasteiger partial charge in [0.1, 0.15) is 0 Å². The molecule has 0 aliphatic carbocycles. The second-order valence-corrected chi connectivity index (χ2v) is 3.02. The van der Waals surface area contributed by atoms with Gasteiger partial charge in [0.15, 0.2) is 0 Å². The molecule has 0 saturated heterocycles. The zero-order valence-electron chi connectivity index (χ0n) is 4.20. The van der Waals surface area contributed by atoms with Gasteiger partial charge in [0, 0.05) is 0 Å². The van der Waals surface area contributed by atoms with Crippen molar-refractivity contribution in [2.45, 2.75) is 4.46 Å². The fourth-order valence-electron chi connectivity index (χ4n) is 0.190. The number of rotatable bonds is 2. The van der Waals surface area contributed by atoms with Crippen LogP contribution >= 0.6 is 34.8 Å². The first kappa shape index (κ1) is 9.14. The van der Waals surface area contributed by atoms with Crippen LogP contribution in [0.2, 0.25) is 0 Å². The van der Waals surface area contributed by atoms with Crippen LogP contribution in [0.4, 0.5) is 4.79 Å². The first-order valence-electron chi connectivity index (χ1n) is 1.93. The van der Waals surface area contributed by atoms with E-state index in [4.69, 9.17) is 39.9 Å². The third kappa shape index (κ3) is 4.63. The van der Waals surface area contributed by atoms with E-state index in [1.807, 2.05) is 0 Å². The number of hydrogen-bond donors (Lipinski definition) is 2. The molecule has 0 aromatic heterocycles. The van der Waals surface area contributed by atoms with E-state index in [1.165, 1.54) is 0 Å². The van der Waals surface area contributed by atoms with Gasteiger partial charge < -0.3 is 5.11 Å². The highest BCUT2D eigenvalue weighted by Gasteiger charge is 2.24. The summed E-state index contributed by atoms with van der Waals surface area (Å²) in [5.41, 5.74) is 0. The maximum Gasteiger partial charge on any atom is 0.407 e. The Kier molecular flexibility index (Phi) is 3.40. The maximum absolute atomic E-state index is 9.84. The first-order valence-corrected chi connectivity index (χ1v) is 3.22. The molecule has 0 unspecified atom stereocenters. The molecule has 0 bridgehead atoms. The van der Waals surface area contributed by atoms with Gasteiger partial charge in [0.2, 0.25) is 4.46 Å². The normalized spacial score (nSPS) is 11.0. The lowest BCUT2D eigenvalue weighted by molar-refractivity contribution is 0.192. The molecule has 0 fully saturated rings. The minimum absolute atomic E-state index is 0.192. The Hall–Kier alpha value is 0.140. The van der Waals surface area contributed by atoms with E-state index in [-0.39, 0.29) is 5.88 Å². The molecule has 0 saturated carbocycles. The van der Waals surface area contributed by atoms with Crippen LogP contribution in [0.3, 0.4) is 0 Å². The van der Waals surface area contributed by atoms with Crippen LogP contribution in [0.25, 0.3) is 0 Å². The summed E-state index contributed by atoms with van der Waals surface area (Å²) in [5.74, 6) is -0.192. The molecule has 3 nitrogen and oxygen atoms in total. The molecule has 54 valence electrons. The van der Waals surface area contributed by atoms with Crippen LogP contribution in [0, 0.1) is 0 Å². The van der Waals surface area contributed by atoms with Gasteiger partial charge in [-0.1, -0.05) is 23.2 Å². The average molecular weight is 192 g/mol. The predicted molar refractivity (Wildman–Crippen MR) is 36.3 cm³/mol. The van der Waals surface area contributed by atoms with Crippen molar-refractivity contribution in [1.29, 1.82) is 0 Å². The Bertz CT molecular complexity index is 116. The molecule has 0 rings (SSSR count). The van der Waals surface area contributed by atoms with E-state index in [9.17, 15) is 4.79 Å². The topological polar surface area (TPSA) is 49.3 Å². The van der Waals surface area contributed by atoms with E-state index in [2.05, 4.69) is 0 Å². The fourth-order valence-corrected chi connectivity index (χ4v) is 0.418. The van der Waals surface area contributed by atoms with Crippen molar-refractivity contribution in [3.8, 4) is 0 Å². The van der Waals surface area contributed by atoms with Crippen LogP contribution in [0.5, 0.6) is 0 Å². The first-order chi connectivity index (χ1) is 3.98. The van der Waals surface area contributed by atoms with E-state index in [0.717, 1.165) is 0 Å². The maximum atomic E-state index is 9.84. The van der Waals surface area contributed by atoms with Crippen LogP contribution in [0.1, 0.15) is 0 Å². The van der Waals surface area contributed by atoms with Crippen LogP contribution in [-0.2, 0) is 0 Å². The number of carboxylic acid groups (broad SMARTS) is 1. The Balaban J connectivity index is 3.71. The van der Waals surface area contributed by atoms with Gasteiger partial charge >= 0.3 is 6.09 Å². The molecule has 0 heterocycles. The van der Waals surface area contributed by atoms with Crippen LogP contribution in [0.15, 0.2) is 0 Å². The van der Waals surface area contributed by atoms with Gasteiger partial charge in [-0.15, -0.1) is 11.6 Å². The zero-order valence-corrected chi connectivity index (χ0v) is 6.46. The molecule has 0 radical (unpaired) electrons. The third-order valence-electron chi connectivity index (χ3n) is 0.458. The van der Waals surface area contributed by atoms with Gasteiger partial charge in [-0.05, 0) is 0 Å². The molecule has 9 heavy (non-hydrogen) atoms. The molecule has 0 aliphatic heterocycles. The van der Waals surface area contributed by atoms with Gasteiger partial charge in [-0.2, -0.15) is 0 Å². The van der Waals surface area contributed by atoms with Crippen LogP contribution < -0.4 is 5.32 Å². The van der Waals surface area contributed by atoms with Crippen molar-refractivity contribution >= 4 is 40.9 Å². The standard InChI is InChI=1S/C3H4Cl3NO2/c4-1-3(5,6)7-2(8)9/h7H,1H2,(H,8,9). The van der Waals surface area contributed by atoms with E-state index in [0.29, 0.717) is 0 Å². The molecule has 6 heteroatoms. The summed E-state index contributed by atoms with van der Waals surface area (Å²) in [4.78, 5) is 9.84. The Morgan fingerprint density at radius 1 is 1.67 bits per heavy atom. The minimum atomic E-state index is -1.58. The van der Waals surface area contributed by atoms with Gasteiger partial charge in [-0.3, -0.25) is 5.32 Å².